The average Bonchev–Trinajstić information content (AvgIpc) is 2.89. The Bertz CT molecular complexity index is 445. The Hall–Kier alpha value is -1.55. The summed E-state index contributed by atoms with van der Waals surface area (Å²) in [6.45, 7) is 5.53. The molecule has 1 aliphatic rings. The number of benzene rings is 1. The first-order chi connectivity index (χ1) is 10.2. The highest BCUT2D eigenvalue weighted by Gasteiger charge is 2.38. The van der Waals surface area contributed by atoms with Gasteiger partial charge in [-0.05, 0) is 11.5 Å². The molecule has 2 rings (SSSR count). The first-order valence-electron chi connectivity index (χ1n) is 7.79. The van der Waals surface area contributed by atoms with Crippen LogP contribution in [0.2, 0.25) is 0 Å². The third-order valence-corrected chi connectivity index (χ3v) is 4.45. The summed E-state index contributed by atoms with van der Waals surface area (Å²) in [4.78, 5) is 13.7. The van der Waals surface area contributed by atoms with E-state index in [0.29, 0.717) is 19.0 Å². The Kier molecular flexibility index (Phi) is 5.62. The highest BCUT2D eigenvalue weighted by atomic mass is 16.6. The maximum atomic E-state index is 12.1. The summed E-state index contributed by atoms with van der Waals surface area (Å²) in [5.74, 6) is 0.635. The fraction of sp³-hybridized carbons (Fsp3) is 0.588. The van der Waals surface area contributed by atoms with E-state index < -0.39 is 6.10 Å². The molecule has 1 aliphatic heterocycles. The maximum absolute atomic E-state index is 12.1. The van der Waals surface area contributed by atoms with E-state index in [-0.39, 0.29) is 18.6 Å². The molecular weight excluding hydrogens is 266 g/mol. The molecule has 0 spiro atoms. The van der Waals surface area contributed by atoms with Crippen LogP contribution in [-0.4, -0.2) is 35.3 Å². The zero-order valence-corrected chi connectivity index (χ0v) is 12.9. The normalized spacial score (nSPS) is 21.8. The summed E-state index contributed by atoms with van der Waals surface area (Å²) >= 11 is 0. The van der Waals surface area contributed by atoms with Gasteiger partial charge in [-0.2, -0.15) is 0 Å². The predicted molar refractivity (Wildman–Crippen MR) is 81.8 cm³/mol. The number of β-amino-alcohol motifs (C(OH)–C–C–N with tert-alkyl or cyclic N) is 1. The van der Waals surface area contributed by atoms with Gasteiger partial charge in [0.2, 0.25) is 0 Å². The zero-order chi connectivity index (χ0) is 15.2. The highest BCUT2D eigenvalue weighted by Crippen LogP contribution is 2.29. The Morgan fingerprint density at radius 1 is 1.29 bits per heavy atom. The third kappa shape index (κ3) is 3.97. The van der Waals surface area contributed by atoms with Crippen molar-refractivity contribution in [1.29, 1.82) is 0 Å². The molecule has 4 heteroatoms. The number of aliphatic hydroxyl groups excluding tert-OH is 1. The standard InChI is InChI=1S/C17H25NO3/c1-3-14(4-2)15-10-18(11-16(15)19)17(20)21-12-13-8-6-5-7-9-13/h5-9,14-16,19H,3-4,10-12H2,1-2H3/t15-,16+/m1/s1. The number of rotatable bonds is 5. The molecule has 1 N–H and O–H groups in total. The van der Waals surface area contributed by atoms with Crippen LogP contribution < -0.4 is 0 Å². The van der Waals surface area contributed by atoms with Gasteiger partial charge in [0.15, 0.2) is 0 Å². The molecule has 21 heavy (non-hydrogen) atoms. The van der Waals surface area contributed by atoms with Crippen LogP contribution in [0.15, 0.2) is 30.3 Å². The number of amides is 1. The van der Waals surface area contributed by atoms with Crippen LogP contribution in [0.5, 0.6) is 0 Å². The SMILES string of the molecule is CCC(CC)[C@H]1CN(C(=O)OCc2ccccc2)C[C@@H]1O. The summed E-state index contributed by atoms with van der Waals surface area (Å²) in [6.07, 6.45) is 1.31. The molecule has 0 unspecified atom stereocenters. The molecule has 4 nitrogen and oxygen atoms in total. The fourth-order valence-electron chi connectivity index (χ4n) is 3.13. The number of carbonyl (C=O) groups is 1. The van der Waals surface area contributed by atoms with Gasteiger partial charge >= 0.3 is 6.09 Å². The topological polar surface area (TPSA) is 49.8 Å². The number of hydrogen-bond donors (Lipinski definition) is 1. The number of aliphatic hydroxyl groups is 1. The molecule has 1 amide bonds. The van der Waals surface area contributed by atoms with Gasteiger partial charge in [-0.15, -0.1) is 0 Å². The van der Waals surface area contributed by atoms with Gasteiger partial charge in [0.1, 0.15) is 6.61 Å². The van der Waals surface area contributed by atoms with Crippen molar-refractivity contribution in [2.45, 2.75) is 39.4 Å². The molecule has 0 aliphatic carbocycles. The van der Waals surface area contributed by atoms with E-state index >= 15 is 0 Å². The summed E-state index contributed by atoms with van der Waals surface area (Å²) in [7, 11) is 0. The van der Waals surface area contributed by atoms with Crippen LogP contribution in [-0.2, 0) is 11.3 Å². The molecule has 1 aromatic carbocycles. The second kappa shape index (κ2) is 7.46. The van der Waals surface area contributed by atoms with E-state index in [4.69, 9.17) is 4.74 Å². The van der Waals surface area contributed by atoms with Gasteiger partial charge in [-0.1, -0.05) is 57.0 Å². The fourth-order valence-corrected chi connectivity index (χ4v) is 3.13. The Morgan fingerprint density at radius 2 is 1.95 bits per heavy atom. The Balaban J connectivity index is 1.86. The molecule has 0 aromatic heterocycles. The molecule has 0 bridgehead atoms. The van der Waals surface area contributed by atoms with Crippen molar-refractivity contribution in [2.24, 2.45) is 11.8 Å². The summed E-state index contributed by atoms with van der Waals surface area (Å²) in [6, 6.07) is 9.64. The van der Waals surface area contributed by atoms with Crippen molar-refractivity contribution in [3.05, 3.63) is 35.9 Å². The molecular formula is C17H25NO3. The molecule has 1 heterocycles. The maximum Gasteiger partial charge on any atom is 0.410 e. The predicted octanol–water partition coefficient (Wildman–Crippen LogP) is 3.05. The monoisotopic (exact) mass is 291 g/mol. The number of carbonyl (C=O) groups excluding carboxylic acids is 1. The van der Waals surface area contributed by atoms with Crippen molar-refractivity contribution in [1.82, 2.24) is 4.90 Å². The number of nitrogens with zero attached hydrogens (tertiary/aromatic N) is 1. The molecule has 0 saturated carbocycles. The molecule has 2 atom stereocenters. The van der Waals surface area contributed by atoms with Crippen LogP contribution in [0.3, 0.4) is 0 Å². The second-order valence-corrected chi connectivity index (χ2v) is 5.75. The van der Waals surface area contributed by atoms with Crippen LogP contribution >= 0.6 is 0 Å². The third-order valence-electron chi connectivity index (χ3n) is 4.45. The van der Waals surface area contributed by atoms with Gasteiger partial charge in [0, 0.05) is 12.5 Å². The molecule has 1 aromatic rings. The number of ether oxygens (including phenoxy) is 1. The van der Waals surface area contributed by atoms with Gasteiger partial charge in [-0.25, -0.2) is 4.79 Å². The van der Waals surface area contributed by atoms with Crippen LogP contribution in [0, 0.1) is 11.8 Å². The molecule has 116 valence electrons. The summed E-state index contributed by atoms with van der Waals surface area (Å²) < 4.78 is 5.33. The lowest BCUT2D eigenvalue weighted by molar-refractivity contribution is 0.0948. The molecule has 0 radical (unpaired) electrons. The second-order valence-electron chi connectivity index (χ2n) is 5.75. The molecule has 1 saturated heterocycles. The van der Waals surface area contributed by atoms with Crippen molar-refractivity contribution in [3.8, 4) is 0 Å². The first-order valence-corrected chi connectivity index (χ1v) is 7.79. The van der Waals surface area contributed by atoms with E-state index in [1.165, 1.54) is 0 Å². The van der Waals surface area contributed by atoms with E-state index in [0.717, 1.165) is 18.4 Å². The largest absolute Gasteiger partial charge is 0.445 e. The summed E-state index contributed by atoms with van der Waals surface area (Å²) in [5, 5.41) is 10.2. The highest BCUT2D eigenvalue weighted by molar-refractivity contribution is 5.68. The number of hydrogen-bond acceptors (Lipinski definition) is 3. The minimum Gasteiger partial charge on any atom is -0.445 e. The van der Waals surface area contributed by atoms with E-state index in [1.807, 2.05) is 30.3 Å². The van der Waals surface area contributed by atoms with Gasteiger partial charge in [0.25, 0.3) is 0 Å². The number of likely N-dealkylation sites (tertiary alicyclic amines) is 1. The average molecular weight is 291 g/mol. The first kappa shape index (κ1) is 15.8. The minimum atomic E-state index is -0.431. The van der Waals surface area contributed by atoms with Crippen molar-refractivity contribution in [3.63, 3.8) is 0 Å². The lowest BCUT2D eigenvalue weighted by Crippen LogP contribution is -2.30. The van der Waals surface area contributed by atoms with Crippen LogP contribution in [0.4, 0.5) is 4.79 Å². The lowest BCUT2D eigenvalue weighted by Gasteiger charge is -2.22. The van der Waals surface area contributed by atoms with Crippen LogP contribution in [0.1, 0.15) is 32.3 Å². The van der Waals surface area contributed by atoms with E-state index in [9.17, 15) is 9.90 Å². The van der Waals surface area contributed by atoms with Crippen molar-refractivity contribution in [2.75, 3.05) is 13.1 Å². The smallest absolute Gasteiger partial charge is 0.410 e. The summed E-state index contributed by atoms with van der Waals surface area (Å²) in [5.41, 5.74) is 0.974. The van der Waals surface area contributed by atoms with Crippen molar-refractivity contribution >= 4 is 6.09 Å². The lowest BCUT2D eigenvalue weighted by atomic mass is 9.86. The zero-order valence-electron chi connectivity index (χ0n) is 12.9. The van der Waals surface area contributed by atoms with E-state index in [1.54, 1.807) is 4.90 Å². The Morgan fingerprint density at radius 3 is 2.57 bits per heavy atom. The van der Waals surface area contributed by atoms with Gasteiger partial charge < -0.3 is 14.7 Å². The van der Waals surface area contributed by atoms with Crippen molar-refractivity contribution < 1.29 is 14.6 Å². The minimum absolute atomic E-state index is 0.171. The van der Waals surface area contributed by atoms with Gasteiger partial charge in [0.05, 0.1) is 12.6 Å². The van der Waals surface area contributed by atoms with Gasteiger partial charge in [-0.3, -0.25) is 0 Å². The van der Waals surface area contributed by atoms with E-state index in [2.05, 4.69) is 13.8 Å². The Labute approximate surface area is 126 Å². The quantitative estimate of drug-likeness (QED) is 0.907. The van der Waals surface area contributed by atoms with Crippen LogP contribution in [0.25, 0.3) is 0 Å². The molecule has 1 fully saturated rings.